The Hall–Kier alpha value is -7.24. The van der Waals surface area contributed by atoms with Crippen LogP contribution in [0.2, 0.25) is 0 Å². The van der Waals surface area contributed by atoms with E-state index in [1.807, 2.05) is 32.0 Å². The van der Waals surface area contributed by atoms with E-state index < -0.39 is 93.7 Å². The maximum Gasteiger partial charge on any atom is 0.312 e. The topological polar surface area (TPSA) is 286 Å². The first kappa shape index (κ1) is 63.8. The number of aromatic hydroxyl groups is 2. The Bertz CT molecular complexity index is 3650. The summed E-state index contributed by atoms with van der Waals surface area (Å²) in [5.74, 6) is -4.66. The van der Waals surface area contributed by atoms with E-state index in [0.29, 0.717) is 37.0 Å². The van der Waals surface area contributed by atoms with Gasteiger partial charge >= 0.3 is 11.8 Å². The highest BCUT2D eigenvalue weighted by atomic mass is 32.2. The molecule has 1 amide bonds. The Labute approximate surface area is 497 Å². The summed E-state index contributed by atoms with van der Waals surface area (Å²) in [6, 6.07) is 5.50. The summed E-state index contributed by atoms with van der Waals surface area (Å²) in [7, 11) is 3.37. The average Bonchev–Trinajstić information content (AvgIpc) is 1.69. The summed E-state index contributed by atoms with van der Waals surface area (Å²) in [5, 5.41) is 50.6. The molecule has 9 rings (SSSR count). The van der Waals surface area contributed by atoms with Gasteiger partial charge in [0.25, 0.3) is 11.7 Å². The van der Waals surface area contributed by atoms with Crippen LogP contribution in [-0.2, 0) is 40.4 Å². The second-order valence-electron chi connectivity index (χ2n) is 23.4. The normalized spacial score (nSPS) is 26.9. The van der Waals surface area contributed by atoms with E-state index in [0.717, 1.165) is 45.9 Å². The fourth-order valence-corrected chi connectivity index (χ4v) is 12.9. The van der Waals surface area contributed by atoms with Crippen LogP contribution in [0.5, 0.6) is 28.7 Å². The Balaban J connectivity index is 0.000000325. The van der Waals surface area contributed by atoms with Crippen molar-refractivity contribution in [3.63, 3.8) is 0 Å². The molecule has 2 aromatic heterocycles. The van der Waals surface area contributed by atoms with Crippen LogP contribution in [0.3, 0.4) is 0 Å². The Morgan fingerprint density at radius 2 is 1.60 bits per heavy atom. The predicted molar refractivity (Wildman–Crippen MR) is 321 cm³/mol. The molecule has 1 spiro atoms. The fraction of sp³-hybridized carbons (Fsp3) is 0.508. The van der Waals surface area contributed by atoms with Crippen LogP contribution in [0.25, 0.3) is 21.8 Å². The summed E-state index contributed by atoms with van der Waals surface area (Å²) in [6.07, 6.45) is 6.77. The lowest BCUT2D eigenvalue weighted by molar-refractivity contribution is -0.160. The molecule has 0 aliphatic carbocycles. The molecule has 10 atom stereocenters. The maximum absolute atomic E-state index is 14.7. The lowest BCUT2D eigenvalue weighted by Crippen LogP contribution is -2.46. The molecule has 5 aromatic rings. The van der Waals surface area contributed by atoms with E-state index in [-0.39, 0.29) is 61.1 Å². The van der Waals surface area contributed by atoms with Crippen LogP contribution in [0.4, 0.5) is 5.69 Å². The highest BCUT2D eigenvalue weighted by molar-refractivity contribution is 7.84. The summed E-state index contributed by atoms with van der Waals surface area (Å²) in [4.78, 5) is 65.6. The van der Waals surface area contributed by atoms with Gasteiger partial charge in [0.05, 0.1) is 88.4 Å². The number of allylic oxidation sites excluding steroid dienone is 2. The van der Waals surface area contributed by atoms with Crippen molar-refractivity contribution in [2.45, 2.75) is 143 Å². The van der Waals surface area contributed by atoms with Gasteiger partial charge in [-0.25, -0.2) is 4.98 Å². The molecular weight excluding hydrogens is 1110 g/mol. The number of anilines is 1. The third-order valence-electron chi connectivity index (χ3n) is 16.8. The summed E-state index contributed by atoms with van der Waals surface area (Å²) < 4.78 is 47.3. The quantitative estimate of drug-likeness (QED) is 0.0610. The number of carbonyl (C=O) groups excluding carboxylic acids is 3. The van der Waals surface area contributed by atoms with E-state index in [4.69, 9.17) is 38.4 Å². The number of Topliss-reactive ketones (excluding diaryl/α,β-unsaturated/α-hetero) is 1. The van der Waals surface area contributed by atoms with Gasteiger partial charge in [0.15, 0.2) is 16.6 Å². The van der Waals surface area contributed by atoms with Crippen molar-refractivity contribution < 1.29 is 67.4 Å². The van der Waals surface area contributed by atoms with Crippen molar-refractivity contribution >= 4 is 56.0 Å². The standard InChI is InChI=1S/C46H62N4O11.C17H19N3O3S/c1-22(2)21-50-18-16-46(17-19-50)48-34-31-32-39(54)28(8)42-33(31)43(56)45(10,61-42)59-20-15-30(58-11)25(5)41(60-29(9)51)27(7)38(53)26(6)37(52)23(3)13-12-14-24(4)44(57)47-36(40(32)55)35(34)49-46;1-10-8-18-15(11(2)16(10)23-4)9-24(21)17-19-13-6-5-12(22-3)7-14(13)20-17/h12-15,20,22-23,25-27,30,37-38,41,52-55H,16-19,21H2,1-11H3,(H,47,57);5-8H,9H2,1-4H3,(H,19,20)/b13-12-,20-15-,24-14+;/t23-,25-,26+,27+,30-,37-,38+,41-,45-;/m0./s1. The second kappa shape index (κ2) is 25.8. The number of imidazole rings is 1. The third kappa shape index (κ3) is 12.8. The monoisotopic (exact) mass is 1190 g/mol. The Morgan fingerprint density at radius 1 is 0.906 bits per heavy atom. The number of likely N-dealkylation sites (tertiary alicyclic amines) is 1. The molecule has 6 N–H and O–H groups in total. The van der Waals surface area contributed by atoms with Gasteiger partial charge in [-0.2, -0.15) is 0 Å². The van der Waals surface area contributed by atoms with Crippen molar-refractivity contribution in [1.82, 2.24) is 19.9 Å². The highest BCUT2D eigenvalue weighted by Crippen LogP contribution is 2.50. The number of phenols is 2. The number of aryl methyl sites for hydroxylation is 1. The van der Waals surface area contributed by atoms with Crippen molar-refractivity contribution in [1.29, 1.82) is 0 Å². The third-order valence-corrected chi connectivity index (χ3v) is 18.0. The highest BCUT2D eigenvalue weighted by Gasteiger charge is 2.50. The zero-order valence-corrected chi connectivity index (χ0v) is 52.0. The molecule has 0 saturated carbocycles. The number of aliphatic hydroxyl groups is 2. The number of nitrogens with one attached hydrogen (secondary N) is 2. The number of H-pyrrole nitrogens is 1. The minimum absolute atomic E-state index is 0.0364. The van der Waals surface area contributed by atoms with Gasteiger partial charge < -0.3 is 64.0 Å². The number of ether oxygens (including phenoxy) is 6. The van der Waals surface area contributed by atoms with Gasteiger partial charge in [0.2, 0.25) is 0 Å². The first-order valence-electron chi connectivity index (χ1n) is 28.7. The molecule has 4 aliphatic heterocycles. The molecule has 0 radical (unpaired) electrons. The zero-order valence-electron chi connectivity index (χ0n) is 51.2. The van der Waals surface area contributed by atoms with Crippen LogP contribution in [-0.4, -0.2) is 139 Å². The first-order valence-corrected chi connectivity index (χ1v) is 30.0. The number of hydrogen-bond acceptors (Lipinski definition) is 19. The smallest absolute Gasteiger partial charge is 0.312 e. The van der Waals surface area contributed by atoms with Crippen molar-refractivity contribution in [3.8, 4) is 28.7 Å². The molecule has 22 heteroatoms. The van der Waals surface area contributed by atoms with Crippen LogP contribution in [0.1, 0.15) is 108 Å². The van der Waals surface area contributed by atoms with Crippen molar-refractivity contribution in [2.24, 2.45) is 39.6 Å². The molecule has 6 heterocycles. The van der Waals surface area contributed by atoms with Crippen LogP contribution in [0, 0.1) is 50.4 Å². The number of aliphatic hydroxyl groups excluding tert-OH is 2. The molecular formula is C63H81N7O14S. The number of methoxy groups -OCH3 is 3. The second-order valence-corrected chi connectivity index (χ2v) is 24.8. The molecule has 1 unspecified atom stereocenters. The van der Waals surface area contributed by atoms with E-state index >= 15 is 0 Å². The number of benzene rings is 3. The van der Waals surface area contributed by atoms with E-state index in [1.165, 1.54) is 27.2 Å². The fourth-order valence-electron chi connectivity index (χ4n) is 11.8. The van der Waals surface area contributed by atoms with Gasteiger partial charge in [0, 0.05) is 117 Å². The molecule has 21 nitrogen and oxygen atoms in total. The lowest BCUT2D eigenvalue weighted by atomic mass is 9.78. The largest absolute Gasteiger partial charge is 0.507 e. The lowest BCUT2D eigenvalue weighted by Gasteiger charge is -2.38. The Kier molecular flexibility index (Phi) is 19.3. The number of piperidine rings is 1. The van der Waals surface area contributed by atoms with Gasteiger partial charge in [-0.3, -0.25) is 33.6 Å². The summed E-state index contributed by atoms with van der Waals surface area (Å²) >= 11 is 0. The van der Waals surface area contributed by atoms with Gasteiger partial charge in [0.1, 0.15) is 40.1 Å². The molecule has 458 valence electrons. The number of fused-ring (bicyclic) bond motifs is 2. The van der Waals surface area contributed by atoms with E-state index in [1.54, 1.807) is 86.3 Å². The number of rotatable bonds is 9. The SMILES string of the molecule is CO[C@H]1/C=C\O[C@@]2(C)Oc3c(C)c(O)c4c(O)c(c5c(c4c3C2=O)=NC2(CCN(CC(C)C)CC2)N=5)NC(=O)/C(C)=C/C=C\[C@H](C)[C@H](O)[C@@H](C)[C@@H](O)[C@@H](C)[C@@H](OC(C)=O)[C@H]1C.COc1ccc2nc(S(=O)Cc3ncc(C)c(OC)c3C)[nH]c2c1. The van der Waals surface area contributed by atoms with E-state index in [9.17, 15) is 39.0 Å². The van der Waals surface area contributed by atoms with Crippen molar-refractivity contribution in [2.75, 3.05) is 46.3 Å². The minimum atomic E-state index is -1.96. The molecule has 85 heavy (non-hydrogen) atoms. The zero-order chi connectivity index (χ0) is 62.1. The number of esters is 1. The number of hydrogen-bond donors (Lipinski definition) is 6. The number of pyridine rings is 1. The molecule has 4 bridgehead atoms. The number of ketones is 1. The van der Waals surface area contributed by atoms with Gasteiger partial charge in [-0.1, -0.05) is 59.8 Å². The van der Waals surface area contributed by atoms with E-state index in [2.05, 4.69) is 39.0 Å². The summed E-state index contributed by atoms with van der Waals surface area (Å²) in [6.45, 7) is 23.4. The number of nitrogens with zero attached hydrogens (tertiary/aromatic N) is 5. The molecule has 1 fully saturated rings. The number of amides is 1. The number of aromatic nitrogens is 3. The number of aromatic amines is 1. The van der Waals surface area contributed by atoms with Crippen molar-refractivity contribution in [3.05, 3.63) is 99.2 Å². The average molecular weight is 1190 g/mol. The van der Waals surface area contributed by atoms with Crippen LogP contribution < -0.4 is 30.2 Å². The number of phenolic OH excluding ortho intramolecular Hbond substituents is 2. The maximum atomic E-state index is 14.7. The molecule has 3 aromatic carbocycles. The van der Waals surface area contributed by atoms with Gasteiger partial charge in [-0.15, -0.1) is 0 Å². The predicted octanol–water partition coefficient (Wildman–Crippen LogP) is 7.65. The van der Waals surface area contributed by atoms with Gasteiger partial charge in [-0.05, 0) is 51.8 Å². The number of carbonyl (C=O) groups is 3. The first-order chi connectivity index (χ1) is 40.2. The molecule has 4 aliphatic rings. The Morgan fingerprint density at radius 3 is 2.25 bits per heavy atom. The van der Waals surface area contributed by atoms with Crippen LogP contribution >= 0.6 is 0 Å². The minimum Gasteiger partial charge on any atom is -0.507 e. The molecule has 1 saturated heterocycles. The van der Waals surface area contributed by atoms with Crippen LogP contribution in [0.15, 0.2) is 75.7 Å². The summed E-state index contributed by atoms with van der Waals surface area (Å²) in [5.41, 5.74) is 3.59.